The van der Waals surface area contributed by atoms with Gasteiger partial charge in [0.1, 0.15) is 0 Å². The summed E-state index contributed by atoms with van der Waals surface area (Å²) in [6.45, 7) is 9.38. The van der Waals surface area contributed by atoms with Crippen molar-refractivity contribution in [2.45, 2.75) is 63.2 Å². The highest BCUT2D eigenvalue weighted by Gasteiger charge is 2.38. The van der Waals surface area contributed by atoms with Crippen molar-refractivity contribution in [2.75, 3.05) is 13.1 Å². The van der Waals surface area contributed by atoms with Gasteiger partial charge in [-0.2, -0.15) is 0 Å². The minimum absolute atomic E-state index is 0.0193. The molecule has 1 fully saturated rings. The predicted molar refractivity (Wildman–Crippen MR) is 112 cm³/mol. The Balaban J connectivity index is 1.94. The van der Waals surface area contributed by atoms with E-state index in [0.29, 0.717) is 32.6 Å². The number of amides is 1. The first kappa shape index (κ1) is 21.5. The van der Waals surface area contributed by atoms with E-state index in [4.69, 9.17) is 0 Å². The van der Waals surface area contributed by atoms with E-state index < -0.39 is 20.6 Å². The van der Waals surface area contributed by atoms with Gasteiger partial charge in [-0.05, 0) is 39.7 Å². The summed E-state index contributed by atoms with van der Waals surface area (Å²) in [5, 5.41) is 2.45. The van der Waals surface area contributed by atoms with Crippen molar-refractivity contribution in [3.8, 4) is 0 Å². The second-order valence-corrected chi connectivity index (χ2v) is 10.6. The molecule has 29 heavy (non-hydrogen) atoms. The highest BCUT2D eigenvalue weighted by atomic mass is 32.2. The first-order valence-electron chi connectivity index (χ1n) is 9.99. The fourth-order valence-corrected chi connectivity index (χ4v) is 4.63. The van der Waals surface area contributed by atoms with E-state index >= 15 is 0 Å². The van der Waals surface area contributed by atoms with Gasteiger partial charge >= 0.3 is 0 Å². The Labute approximate surface area is 173 Å². The molecule has 7 nitrogen and oxygen atoms in total. The van der Waals surface area contributed by atoms with E-state index in [1.165, 1.54) is 0 Å². The summed E-state index contributed by atoms with van der Waals surface area (Å²) in [7, 11) is -3.52. The van der Waals surface area contributed by atoms with Crippen LogP contribution in [0.3, 0.4) is 0 Å². The van der Waals surface area contributed by atoms with Gasteiger partial charge < -0.3 is 9.88 Å². The normalized spacial score (nSPS) is 17.5. The molecule has 2 heterocycles. The summed E-state index contributed by atoms with van der Waals surface area (Å²) < 4.78 is 27.6. The molecule has 0 spiro atoms. The lowest BCUT2D eigenvalue weighted by atomic mass is 9.99. The fraction of sp³-hybridized carbons (Fsp3) is 0.524. The monoisotopic (exact) mass is 418 g/mol. The van der Waals surface area contributed by atoms with Gasteiger partial charge in [-0.1, -0.05) is 30.3 Å². The van der Waals surface area contributed by atoms with Gasteiger partial charge in [-0.25, -0.2) is 13.4 Å². The minimum Gasteiger partial charge on any atom is -0.353 e. The van der Waals surface area contributed by atoms with E-state index in [-0.39, 0.29) is 11.1 Å². The lowest BCUT2D eigenvalue weighted by molar-refractivity contribution is -0.135. The molecule has 3 rings (SSSR count). The lowest BCUT2D eigenvalue weighted by Gasteiger charge is -2.41. The molecule has 8 heteroatoms. The molecule has 1 aliphatic rings. The van der Waals surface area contributed by atoms with Crippen LogP contribution < -0.4 is 5.32 Å². The van der Waals surface area contributed by atoms with Crippen molar-refractivity contribution in [3.63, 3.8) is 0 Å². The molecule has 1 aliphatic heterocycles. The molecule has 0 atom stereocenters. The number of carbonyl (C=O) groups excluding carboxylic acids is 1. The van der Waals surface area contributed by atoms with Crippen molar-refractivity contribution >= 4 is 15.7 Å². The molecule has 0 unspecified atom stereocenters. The van der Waals surface area contributed by atoms with E-state index in [0.717, 1.165) is 11.3 Å². The summed E-state index contributed by atoms with van der Waals surface area (Å²) in [5.41, 5.74) is 1.28. The Hall–Kier alpha value is -2.19. The number of nitrogens with zero attached hydrogens (tertiary/aromatic N) is 3. The first-order chi connectivity index (χ1) is 13.6. The van der Waals surface area contributed by atoms with Crippen LogP contribution in [-0.2, 0) is 34.1 Å². The van der Waals surface area contributed by atoms with Crippen molar-refractivity contribution in [2.24, 2.45) is 0 Å². The average molecular weight is 419 g/mol. The molecule has 1 aromatic carbocycles. The van der Waals surface area contributed by atoms with Gasteiger partial charge in [-0.15, -0.1) is 0 Å². The zero-order chi connectivity index (χ0) is 21.2. The van der Waals surface area contributed by atoms with Gasteiger partial charge in [0.2, 0.25) is 20.9 Å². The first-order valence-corrected chi connectivity index (χ1v) is 11.5. The Bertz CT molecular complexity index is 965. The van der Waals surface area contributed by atoms with Gasteiger partial charge in [-0.3, -0.25) is 9.69 Å². The quantitative estimate of drug-likeness (QED) is 0.744. The van der Waals surface area contributed by atoms with Crippen LogP contribution >= 0.6 is 0 Å². The molecule has 1 saturated heterocycles. The average Bonchev–Trinajstić information content (AvgIpc) is 3.08. The number of aromatic nitrogens is 2. The van der Waals surface area contributed by atoms with Crippen LogP contribution in [0.25, 0.3) is 0 Å². The number of nitrogens with one attached hydrogen (secondary N) is 1. The van der Waals surface area contributed by atoms with E-state index in [1.54, 1.807) is 20.0 Å². The maximum atomic E-state index is 12.9. The van der Waals surface area contributed by atoms with E-state index in [2.05, 4.69) is 15.2 Å². The topological polar surface area (TPSA) is 84.3 Å². The fourth-order valence-electron chi connectivity index (χ4n) is 3.50. The predicted octanol–water partition coefficient (Wildman–Crippen LogP) is 2.02. The number of hydrogen-bond acceptors (Lipinski definition) is 5. The molecule has 1 aromatic heterocycles. The molecule has 0 saturated carbocycles. The van der Waals surface area contributed by atoms with Crippen LogP contribution in [-0.4, -0.2) is 52.7 Å². The van der Waals surface area contributed by atoms with Crippen LogP contribution in [0, 0.1) is 0 Å². The van der Waals surface area contributed by atoms with E-state index in [1.807, 2.05) is 48.7 Å². The van der Waals surface area contributed by atoms with Crippen LogP contribution in [0.4, 0.5) is 0 Å². The third kappa shape index (κ3) is 4.38. The van der Waals surface area contributed by atoms with Crippen molar-refractivity contribution in [1.82, 2.24) is 19.8 Å². The largest absolute Gasteiger partial charge is 0.353 e. The Morgan fingerprint density at radius 3 is 2.55 bits per heavy atom. The third-order valence-electron chi connectivity index (χ3n) is 5.61. The number of hydrogen-bond donors (Lipinski definition) is 1. The number of sulfone groups is 1. The van der Waals surface area contributed by atoms with Gasteiger partial charge in [0.25, 0.3) is 0 Å². The molecular formula is C21H30N4O3S. The number of piperazine rings is 1. The van der Waals surface area contributed by atoms with Crippen molar-refractivity contribution < 1.29 is 13.2 Å². The molecule has 1 amide bonds. The summed E-state index contributed by atoms with van der Waals surface area (Å²) >= 11 is 0. The maximum absolute atomic E-state index is 12.9. The second-order valence-electron chi connectivity index (χ2n) is 8.25. The number of imidazole rings is 1. The third-order valence-corrected chi connectivity index (χ3v) is 7.69. The van der Waals surface area contributed by atoms with Crippen LogP contribution in [0.1, 0.15) is 39.0 Å². The zero-order valence-corrected chi connectivity index (χ0v) is 18.4. The smallest absolute Gasteiger partial charge is 0.240 e. The second kappa shape index (κ2) is 8.28. The van der Waals surface area contributed by atoms with Crippen LogP contribution in [0.15, 0.2) is 41.7 Å². The number of aryl methyl sites for hydroxylation is 1. The summed E-state index contributed by atoms with van der Waals surface area (Å²) in [4.78, 5) is 18.7. The summed E-state index contributed by atoms with van der Waals surface area (Å²) in [6, 6.07) is 9.98. The van der Waals surface area contributed by atoms with Gasteiger partial charge in [0, 0.05) is 26.2 Å². The maximum Gasteiger partial charge on any atom is 0.240 e. The van der Waals surface area contributed by atoms with E-state index in [9.17, 15) is 13.2 Å². The SMILES string of the molecule is CC(C)S(=O)(=O)c1ncc(CN2CCNC(=O)C2(C)C)n1CCc1ccccc1. The molecule has 0 bridgehead atoms. The Morgan fingerprint density at radius 2 is 1.90 bits per heavy atom. The highest BCUT2D eigenvalue weighted by molar-refractivity contribution is 7.91. The number of benzene rings is 1. The Morgan fingerprint density at radius 1 is 1.21 bits per heavy atom. The minimum atomic E-state index is -3.52. The van der Waals surface area contributed by atoms with Gasteiger partial charge in [0.15, 0.2) is 0 Å². The lowest BCUT2D eigenvalue weighted by Crippen LogP contribution is -2.61. The number of rotatable bonds is 7. The molecule has 1 N–H and O–H groups in total. The molecular weight excluding hydrogens is 388 g/mol. The van der Waals surface area contributed by atoms with Crippen molar-refractivity contribution in [3.05, 3.63) is 47.8 Å². The standard InChI is InChI=1S/C21H30N4O3S/c1-16(2)29(27,28)20-23-14-18(15-24-13-11-22-19(26)21(24,3)4)25(20)12-10-17-8-6-5-7-9-17/h5-9,14,16H,10-13,15H2,1-4H3,(H,22,26). The van der Waals surface area contributed by atoms with Crippen LogP contribution in [0.5, 0.6) is 0 Å². The molecule has 2 aromatic rings. The van der Waals surface area contributed by atoms with Gasteiger partial charge in [0.05, 0.1) is 22.7 Å². The Kier molecular flexibility index (Phi) is 6.14. The summed E-state index contributed by atoms with van der Waals surface area (Å²) in [6.07, 6.45) is 2.34. The molecule has 158 valence electrons. The molecule has 0 radical (unpaired) electrons. The van der Waals surface area contributed by atoms with Crippen LogP contribution in [0.2, 0.25) is 0 Å². The molecule has 0 aliphatic carbocycles. The zero-order valence-electron chi connectivity index (χ0n) is 17.6. The highest BCUT2D eigenvalue weighted by Crippen LogP contribution is 2.24. The number of carbonyl (C=O) groups is 1. The van der Waals surface area contributed by atoms with Crippen molar-refractivity contribution in [1.29, 1.82) is 0 Å². The summed E-state index contributed by atoms with van der Waals surface area (Å²) in [5.74, 6) is -0.0193.